The fraction of sp³-hybridized carbons (Fsp3) is 0.0250. The fourth-order valence-electron chi connectivity index (χ4n) is 5.74. The predicted molar refractivity (Wildman–Crippen MR) is 175 cm³/mol. The first-order chi connectivity index (χ1) is 22.6. The fourth-order valence-corrected chi connectivity index (χ4v) is 5.91. The number of hydrogen-bond acceptors (Lipinski definition) is 1. The van der Waals surface area contributed by atoms with E-state index in [-0.39, 0.29) is 11.1 Å². The highest BCUT2D eigenvalue weighted by molar-refractivity contribution is 6.33. The van der Waals surface area contributed by atoms with Gasteiger partial charge in [0.25, 0.3) is 0 Å². The minimum atomic E-state index is -1.42. The molecule has 7 heteroatoms. The molecule has 1 nitrogen and oxygen atoms in total. The first-order valence-electron chi connectivity index (χ1n) is 14.5. The third-order valence-corrected chi connectivity index (χ3v) is 8.28. The van der Waals surface area contributed by atoms with Crippen molar-refractivity contribution in [3.05, 3.63) is 208 Å². The van der Waals surface area contributed by atoms with Gasteiger partial charge in [-0.1, -0.05) is 78.3 Å². The van der Waals surface area contributed by atoms with Crippen molar-refractivity contribution in [1.82, 2.24) is 0 Å². The molecule has 0 saturated heterocycles. The average Bonchev–Trinajstić information content (AvgIpc) is 3.07. The van der Waals surface area contributed by atoms with Gasteiger partial charge >= 0.3 is 0 Å². The molecule has 0 heterocycles. The second-order valence-corrected chi connectivity index (χ2v) is 11.4. The van der Waals surface area contributed by atoms with Gasteiger partial charge in [0.15, 0.2) is 5.78 Å². The van der Waals surface area contributed by atoms with Crippen LogP contribution in [-0.2, 0) is 5.41 Å². The minimum absolute atomic E-state index is 0.105. The molecule has 0 unspecified atom stereocenters. The van der Waals surface area contributed by atoms with Crippen molar-refractivity contribution in [2.24, 2.45) is 0 Å². The van der Waals surface area contributed by atoms with Crippen LogP contribution in [0.2, 0.25) is 5.02 Å². The van der Waals surface area contributed by atoms with Crippen molar-refractivity contribution in [2.75, 3.05) is 0 Å². The zero-order valence-electron chi connectivity index (χ0n) is 24.5. The van der Waals surface area contributed by atoms with Crippen molar-refractivity contribution in [3.8, 4) is 11.1 Å². The van der Waals surface area contributed by atoms with Gasteiger partial charge in [-0.2, -0.15) is 0 Å². The largest absolute Gasteiger partial charge is 0.289 e. The molecule has 0 aliphatic rings. The van der Waals surface area contributed by atoms with Gasteiger partial charge in [-0.05, 0) is 112 Å². The normalized spacial score (nSPS) is 11.8. The summed E-state index contributed by atoms with van der Waals surface area (Å²) >= 11 is 6.37. The molecule has 0 fully saturated rings. The first kappa shape index (κ1) is 31.6. The van der Waals surface area contributed by atoms with E-state index in [1.165, 1.54) is 121 Å². The van der Waals surface area contributed by atoms with E-state index < -0.39 is 40.3 Å². The summed E-state index contributed by atoms with van der Waals surface area (Å²) in [5.41, 5.74) is 1.64. The zero-order chi connectivity index (χ0) is 33.1. The number of benzene rings is 6. The summed E-state index contributed by atoms with van der Waals surface area (Å²) in [7, 11) is 0. The number of hydrogen-bond donors (Lipinski definition) is 0. The van der Waals surface area contributed by atoms with E-state index in [4.69, 9.17) is 11.6 Å². The molecule has 0 bridgehead atoms. The Morgan fingerprint density at radius 2 is 0.894 bits per heavy atom. The van der Waals surface area contributed by atoms with Crippen LogP contribution in [0.4, 0.5) is 22.0 Å². The third-order valence-electron chi connectivity index (χ3n) is 8.04. The Labute approximate surface area is 273 Å². The standard InChI is InChI=1S/C40H24ClF5O/c41-30-11-22-36(37(23-30)25-1-12-31(42)13-2-25)39(47)38(26-3-14-32(43)15-4-26)24-40(27-5-16-33(44)17-6-27,28-7-18-34(45)19-8-28)29-9-20-35(46)21-10-29/h1-24H/b38-24+. The van der Waals surface area contributed by atoms with Crippen LogP contribution in [0, 0.1) is 29.1 Å². The second-order valence-electron chi connectivity index (χ2n) is 10.9. The van der Waals surface area contributed by atoms with Crippen LogP contribution in [0.25, 0.3) is 16.7 Å². The van der Waals surface area contributed by atoms with Crippen LogP contribution in [0.1, 0.15) is 32.6 Å². The highest BCUT2D eigenvalue weighted by Crippen LogP contribution is 2.44. The van der Waals surface area contributed by atoms with E-state index in [1.54, 1.807) is 24.3 Å². The lowest BCUT2D eigenvalue weighted by molar-refractivity contribution is 0.105. The minimum Gasteiger partial charge on any atom is -0.289 e. The lowest BCUT2D eigenvalue weighted by Gasteiger charge is -2.34. The maximum Gasteiger partial charge on any atom is 0.193 e. The Kier molecular flexibility index (Phi) is 8.88. The third kappa shape index (κ3) is 6.51. The summed E-state index contributed by atoms with van der Waals surface area (Å²) in [4.78, 5) is 14.9. The van der Waals surface area contributed by atoms with E-state index in [2.05, 4.69) is 0 Å². The first-order valence-corrected chi connectivity index (χ1v) is 14.9. The summed E-state index contributed by atoms with van der Waals surface area (Å²) in [6.45, 7) is 0. The van der Waals surface area contributed by atoms with Gasteiger partial charge in [-0.25, -0.2) is 22.0 Å². The van der Waals surface area contributed by atoms with Gasteiger partial charge in [0.1, 0.15) is 29.1 Å². The molecule has 0 atom stereocenters. The van der Waals surface area contributed by atoms with E-state index in [9.17, 15) is 26.7 Å². The SMILES string of the molecule is O=C(/C(=C/C(c1ccc(F)cc1)(c1ccc(F)cc1)c1ccc(F)cc1)c1ccc(F)cc1)c1ccc(Cl)cc1-c1ccc(F)cc1. The van der Waals surface area contributed by atoms with E-state index in [0.29, 0.717) is 38.4 Å². The molecule has 0 spiro atoms. The van der Waals surface area contributed by atoms with Gasteiger partial charge in [0.2, 0.25) is 0 Å². The number of Topliss-reactive ketones (excluding diaryl/α,β-unsaturated/α-hetero) is 1. The molecule has 6 rings (SSSR count). The molecule has 232 valence electrons. The van der Waals surface area contributed by atoms with Gasteiger partial charge in [-0.15, -0.1) is 0 Å². The van der Waals surface area contributed by atoms with Crippen molar-refractivity contribution in [1.29, 1.82) is 0 Å². The van der Waals surface area contributed by atoms with Crippen LogP contribution in [-0.4, -0.2) is 5.78 Å². The summed E-state index contributed by atoms with van der Waals surface area (Å²) in [5.74, 6) is -3.01. The zero-order valence-corrected chi connectivity index (χ0v) is 25.3. The second kappa shape index (κ2) is 13.2. The van der Waals surface area contributed by atoms with Gasteiger partial charge < -0.3 is 0 Å². The molecule has 0 amide bonds. The lowest BCUT2D eigenvalue weighted by Crippen LogP contribution is -2.28. The van der Waals surface area contributed by atoms with Crippen LogP contribution >= 0.6 is 11.6 Å². The van der Waals surface area contributed by atoms with Crippen molar-refractivity contribution < 1.29 is 26.7 Å². The van der Waals surface area contributed by atoms with Crippen LogP contribution in [0.3, 0.4) is 0 Å². The topological polar surface area (TPSA) is 17.1 Å². The molecule has 0 saturated carbocycles. The number of allylic oxidation sites excluding steroid dienone is 2. The van der Waals surface area contributed by atoms with Gasteiger partial charge in [0, 0.05) is 16.2 Å². The highest BCUT2D eigenvalue weighted by atomic mass is 35.5. The molecule has 6 aromatic rings. The van der Waals surface area contributed by atoms with E-state index >= 15 is 0 Å². The van der Waals surface area contributed by atoms with Crippen molar-refractivity contribution in [3.63, 3.8) is 0 Å². The Morgan fingerprint density at radius 3 is 1.32 bits per heavy atom. The van der Waals surface area contributed by atoms with Crippen LogP contribution < -0.4 is 0 Å². The number of carbonyl (C=O) groups is 1. The van der Waals surface area contributed by atoms with Crippen molar-refractivity contribution in [2.45, 2.75) is 5.41 Å². The molecule has 0 aromatic heterocycles. The van der Waals surface area contributed by atoms with Crippen LogP contribution in [0.15, 0.2) is 146 Å². The number of rotatable bonds is 8. The quantitative estimate of drug-likeness (QED) is 0.0693. The number of halogens is 6. The Morgan fingerprint density at radius 1 is 0.511 bits per heavy atom. The maximum absolute atomic E-state index is 14.9. The summed E-state index contributed by atoms with van der Waals surface area (Å²) < 4.78 is 71.1. The smallest absolute Gasteiger partial charge is 0.193 e. The molecule has 0 aliphatic heterocycles. The summed E-state index contributed by atoms with van der Waals surface area (Å²) in [5, 5.41) is 0.339. The summed E-state index contributed by atoms with van der Waals surface area (Å²) in [6, 6.07) is 32.4. The van der Waals surface area contributed by atoms with Crippen molar-refractivity contribution >= 4 is 23.0 Å². The molecule has 0 radical (unpaired) electrons. The Balaban J connectivity index is 1.71. The summed E-state index contributed by atoms with van der Waals surface area (Å²) in [6.07, 6.45) is 1.65. The number of ketones is 1. The molecule has 47 heavy (non-hydrogen) atoms. The maximum atomic E-state index is 14.9. The Bertz CT molecular complexity index is 1960. The Hall–Kier alpha value is -5.33. The number of carbonyl (C=O) groups excluding carboxylic acids is 1. The van der Waals surface area contributed by atoms with Gasteiger partial charge in [-0.3, -0.25) is 4.79 Å². The molecular weight excluding hydrogens is 627 g/mol. The molecule has 6 aromatic carbocycles. The average molecular weight is 651 g/mol. The monoisotopic (exact) mass is 650 g/mol. The van der Waals surface area contributed by atoms with E-state index in [1.807, 2.05) is 0 Å². The molecular formula is C40H24ClF5O. The highest BCUT2D eigenvalue weighted by Gasteiger charge is 2.37. The molecule has 0 aliphatic carbocycles. The predicted octanol–water partition coefficient (Wildman–Crippen LogP) is 11.0. The molecule has 0 N–H and O–H groups in total. The van der Waals surface area contributed by atoms with E-state index in [0.717, 1.165) is 0 Å². The lowest BCUT2D eigenvalue weighted by atomic mass is 9.67. The van der Waals surface area contributed by atoms with Crippen LogP contribution in [0.5, 0.6) is 0 Å². The van der Waals surface area contributed by atoms with Gasteiger partial charge in [0.05, 0.1) is 5.41 Å².